The van der Waals surface area contributed by atoms with Crippen LogP contribution in [0.2, 0.25) is 5.02 Å². The fraction of sp³-hybridized carbons (Fsp3) is 0.296. The highest BCUT2D eigenvalue weighted by Crippen LogP contribution is 2.32. The molecule has 1 atom stereocenters. The standard InChI is InChI=1S/C27H31ClN2O5S/c1-17-13-19(3)24(14-18(17)2)20(4)29-27(31)16-30(22-9-7-21(28)8-10-22)36(32,33)23-11-12-25(34-5)26(15-23)35-6/h7-15,20H,16H2,1-6H3,(H,29,31)/t20-/m0/s1. The summed E-state index contributed by atoms with van der Waals surface area (Å²) in [6.07, 6.45) is 0. The number of hydrogen-bond donors (Lipinski definition) is 1. The maximum Gasteiger partial charge on any atom is 0.264 e. The van der Waals surface area contributed by atoms with Crippen molar-refractivity contribution in [2.24, 2.45) is 0 Å². The van der Waals surface area contributed by atoms with Gasteiger partial charge in [-0.3, -0.25) is 9.10 Å². The Bertz CT molecular complexity index is 1360. The SMILES string of the molecule is COc1ccc(S(=O)(=O)N(CC(=O)N[C@@H](C)c2cc(C)c(C)cc2C)c2ccc(Cl)cc2)cc1OC. The van der Waals surface area contributed by atoms with Gasteiger partial charge in [0.1, 0.15) is 6.54 Å². The molecule has 3 aromatic rings. The van der Waals surface area contributed by atoms with E-state index in [1.165, 1.54) is 38.0 Å². The van der Waals surface area contributed by atoms with Crippen molar-refractivity contribution in [1.82, 2.24) is 5.32 Å². The van der Waals surface area contributed by atoms with Crippen molar-refractivity contribution < 1.29 is 22.7 Å². The Morgan fingerprint density at radius 1 is 0.917 bits per heavy atom. The van der Waals surface area contributed by atoms with Gasteiger partial charge in [0.15, 0.2) is 11.5 Å². The minimum absolute atomic E-state index is 0.0408. The number of halogens is 1. The summed E-state index contributed by atoms with van der Waals surface area (Å²) in [6.45, 7) is 7.51. The van der Waals surface area contributed by atoms with E-state index in [-0.39, 0.29) is 16.7 Å². The summed E-state index contributed by atoms with van der Waals surface area (Å²) >= 11 is 6.02. The zero-order chi connectivity index (χ0) is 26.6. The molecule has 0 saturated heterocycles. The van der Waals surface area contributed by atoms with Gasteiger partial charge in [0.25, 0.3) is 10.0 Å². The minimum Gasteiger partial charge on any atom is -0.493 e. The first-order valence-corrected chi connectivity index (χ1v) is 13.2. The highest BCUT2D eigenvalue weighted by molar-refractivity contribution is 7.92. The number of benzene rings is 3. The van der Waals surface area contributed by atoms with Gasteiger partial charge in [0, 0.05) is 11.1 Å². The lowest BCUT2D eigenvalue weighted by atomic mass is 9.96. The predicted molar refractivity (Wildman–Crippen MR) is 143 cm³/mol. The summed E-state index contributed by atoms with van der Waals surface area (Å²) in [6, 6.07) is 14.4. The third-order valence-corrected chi connectivity index (χ3v) is 8.09. The van der Waals surface area contributed by atoms with E-state index >= 15 is 0 Å². The number of sulfonamides is 1. The van der Waals surface area contributed by atoms with E-state index in [9.17, 15) is 13.2 Å². The van der Waals surface area contributed by atoms with Gasteiger partial charge in [-0.25, -0.2) is 8.42 Å². The van der Waals surface area contributed by atoms with E-state index in [1.807, 2.05) is 33.8 Å². The molecule has 0 radical (unpaired) electrons. The number of nitrogens with one attached hydrogen (secondary N) is 1. The van der Waals surface area contributed by atoms with E-state index < -0.39 is 22.5 Å². The van der Waals surface area contributed by atoms with Crippen LogP contribution < -0.4 is 19.1 Å². The first-order valence-electron chi connectivity index (χ1n) is 11.4. The largest absolute Gasteiger partial charge is 0.493 e. The number of anilines is 1. The van der Waals surface area contributed by atoms with Gasteiger partial charge < -0.3 is 14.8 Å². The Balaban J connectivity index is 1.95. The second-order valence-electron chi connectivity index (χ2n) is 8.59. The first kappa shape index (κ1) is 27.4. The molecule has 0 saturated carbocycles. The number of rotatable bonds is 9. The highest BCUT2D eigenvalue weighted by atomic mass is 35.5. The van der Waals surface area contributed by atoms with Gasteiger partial charge in [-0.15, -0.1) is 0 Å². The lowest BCUT2D eigenvalue weighted by molar-refractivity contribution is -0.120. The van der Waals surface area contributed by atoms with Crippen LogP contribution in [0.3, 0.4) is 0 Å². The van der Waals surface area contributed by atoms with E-state index in [2.05, 4.69) is 11.4 Å². The quantitative estimate of drug-likeness (QED) is 0.403. The average Bonchev–Trinajstić information content (AvgIpc) is 2.84. The maximum absolute atomic E-state index is 13.7. The van der Waals surface area contributed by atoms with Crippen molar-refractivity contribution in [2.75, 3.05) is 25.1 Å². The summed E-state index contributed by atoms with van der Waals surface area (Å²) < 4.78 is 39.0. The van der Waals surface area contributed by atoms with Gasteiger partial charge in [0.05, 0.1) is 30.8 Å². The van der Waals surface area contributed by atoms with Crippen LogP contribution in [0.25, 0.3) is 0 Å². The molecule has 0 fully saturated rings. The second-order valence-corrected chi connectivity index (χ2v) is 10.9. The van der Waals surface area contributed by atoms with Crippen LogP contribution >= 0.6 is 11.6 Å². The molecular formula is C27H31ClN2O5S. The lowest BCUT2D eigenvalue weighted by Gasteiger charge is -2.26. The van der Waals surface area contributed by atoms with E-state index in [4.69, 9.17) is 21.1 Å². The van der Waals surface area contributed by atoms with Crippen molar-refractivity contribution in [3.63, 3.8) is 0 Å². The van der Waals surface area contributed by atoms with Gasteiger partial charge in [0.2, 0.25) is 5.91 Å². The van der Waals surface area contributed by atoms with Gasteiger partial charge in [-0.1, -0.05) is 23.7 Å². The topological polar surface area (TPSA) is 84.9 Å². The number of amides is 1. The third kappa shape index (κ3) is 5.94. The molecule has 0 aromatic heterocycles. The number of hydrogen-bond acceptors (Lipinski definition) is 5. The molecule has 7 nitrogen and oxygen atoms in total. The minimum atomic E-state index is -4.15. The van der Waals surface area contributed by atoms with Gasteiger partial charge >= 0.3 is 0 Å². The molecule has 3 rings (SSSR count). The molecule has 0 spiro atoms. The van der Waals surface area contributed by atoms with Crippen molar-refractivity contribution in [1.29, 1.82) is 0 Å². The summed E-state index contributed by atoms with van der Waals surface area (Å²) in [7, 11) is -1.25. The summed E-state index contributed by atoms with van der Waals surface area (Å²) in [4.78, 5) is 13.1. The van der Waals surface area contributed by atoms with Crippen LogP contribution in [0.5, 0.6) is 11.5 Å². The summed E-state index contributed by atoms with van der Waals surface area (Å²) in [5, 5.41) is 3.39. The summed E-state index contributed by atoms with van der Waals surface area (Å²) in [5.74, 6) is 0.210. The number of carbonyl (C=O) groups is 1. The molecule has 192 valence electrons. The first-order chi connectivity index (χ1) is 17.0. The maximum atomic E-state index is 13.7. The van der Waals surface area contributed by atoms with E-state index in [0.29, 0.717) is 16.5 Å². The Morgan fingerprint density at radius 3 is 2.14 bits per heavy atom. The number of ether oxygens (including phenoxy) is 2. The zero-order valence-corrected chi connectivity index (χ0v) is 22.8. The van der Waals surface area contributed by atoms with Crippen molar-refractivity contribution in [2.45, 2.75) is 38.6 Å². The van der Waals surface area contributed by atoms with E-state index in [1.54, 1.807) is 24.3 Å². The van der Waals surface area contributed by atoms with Crippen LogP contribution in [0.1, 0.15) is 35.2 Å². The highest BCUT2D eigenvalue weighted by Gasteiger charge is 2.29. The molecular weight excluding hydrogens is 500 g/mol. The Hall–Kier alpha value is -3.23. The smallest absolute Gasteiger partial charge is 0.264 e. The molecule has 0 bridgehead atoms. The predicted octanol–water partition coefficient (Wildman–Crippen LogP) is 5.36. The molecule has 36 heavy (non-hydrogen) atoms. The van der Waals surface area contributed by atoms with Crippen molar-refractivity contribution in [3.8, 4) is 11.5 Å². The fourth-order valence-electron chi connectivity index (χ4n) is 3.97. The number of carbonyl (C=O) groups excluding carboxylic acids is 1. The zero-order valence-electron chi connectivity index (χ0n) is 21.3. The van der Waals surface area contributed by atoms with E-state index in [0.717, 1.165) is 21.0 Å². The Morgan fingerprint density at radius 2 is 1.53 bits per heavy atom. The third-order valence-electron chi connectivity index (χ3n) is 6.07. The Kier molecular flexibility index (Phi) is 8.53. The van der Waals surface area contributed by atoms with Crippen LogP contribution in [-0.2, 0) is 14.8 Å². The molecule has 0 heterocycles. The van der Waals surface area contributed by atoms with Crippen molar-refractivity contribution >= 4 is 33.2 Å². The molecule has 3 aromatic carbocycles. The Labute approximate surface area is 218 Å². The average molecular weight is 531 g/mol. The van der Waals surface area contributed by atoms with Gasteiger partial charge in [-0.2, -0.15) is 0 Å². The fourth-order valence-corrected chi connectivity index (χ4v) is 5.53. The molecule has 0 aliphatic heterocycles. The molecule has 0 aliphatic rings. The van der Waals surface area contributed by atoms with Gasteiger partial charge in [-0.05, 0) is 86.3 Å². The lowest BCUT2D eigenvalue weighted by Crippen LogP contribution is -2.41. The number of nitrogens with zero attached hydrogens (tertiary/aromatic N) is 1. The monoisotopic (exact) mass is 530 g/mol. The number of aryl methyl sites for hydroxylation is 3. The molecule has 0 aliphatic carbocycles. The molecule has 1 amide bonds. The molecule has 9 heteroatoms. The van der Waals surface area contributed by atoms with Crippen LogP contribution in [0.15, 0.2) is 59.5 Å². The molecule has 1 N–H and O–H groups in total. The van der Waals surface area contributed by atoms with Crippen LogP contribution in [0.4, 0.5) is 5.69 Å². The number of methoxy groups -OCH3 is 2. The van der Waals surface area contributed by atoms with Crippen molar-refractivity contribution in [3.05, 3.63) is 81.9 Å². The second kappa shape index (κ2) is 11.2. The van der Waals surface area contributed by atoms with Crippen LogP contribution in [0, 0.1) is 20.8 Å². The normalized spacial score (nSPS) is 12.1. The molecule has 0 unspecified atom stereocenters. The summed E-state index contributed by atoms with van der Waals surface area (Å²) in [5.41, 5.74) is 4.63. The van der Waals surface area contributed by atoms with Crippen LogP contribution in [-0.4, -0.2) is 35.1 Å².